The molecular weight excluding hydrogens is 420 g/mol. The Kier molecular flexibility index (Phi) is 6.63. The van der Waals surface area contributed by atoms with Crippen molar-refractivity contribution in [1.82, 2.24) is 9.80 Å². The number of benzene rings is 1. The zero-order chi connectivity index (χ0) is 20.3. The lowest BCUT2D eigenvalue weighted by Crippen LogP contribution is -2.47. The van der Waals surface area contributed by atoms with Crippen LogP contribution in [0, 0.1) is 0 Å². The quantitative estimate of drug-likeness (QED) is 0.535. The maximum Gasteiger partial charge on any atom is 0.327 e. The Morgan fingerprint density at radius 3 is 2.71 bits per heavy atom. The second-order valence-corrected chi connectivity index (χ2v) is 8.66. The first-order valence-corrected chi connectivity index (χ1v) is 10.9. The lowest BCUT2D eigenvalue weighted by Gasteiger charge is -2.23. The van der Waals surface area contributed by atoms with Crippen molar-refractivity contribution in [2.75, 3.05) is 24.8 Å². The van der Waals surface area contributed by atoms with Crippen molar-refractivity contribution in [2.45, 2.75) is 13.0 Å². The van der Waals surface area contributed by atoms with Gasteiger partial charge in [0.05, 0.1) is 17.4 Å². The Bertz CT molecular complexity index is 840. The molecule has 3 rings (SSSR count). The molecule has 28 heavy (non-hydrogen) atoms. The minimum atomic E-state index is -1.04. The number of nitrogens with zero attached hydrogens (tertiary/aromatic N) is 2. The molecule has 1 N–H and O–H groups in total. The zero-order valence-electron chi connectivity index (χ0n) is 15.0. The van der Waals surface area contributed by atoms with Gasteiger partial charge in [0.15, 0.2) is 0 Å². The van der Waals surface area contributed by atoms with Crippen molar-refractivity contribution in [2.24, 2.45) is 0 Å². The first-order valence-electron chi connectivity index (χ1n) is 8.49. The molecule has 10 heteroatoms. The molecule has 2 saturated heterocycles. The summed E-state index contributed by atoms with van der Waals surface area (Å²) in [6.45, 7) is 2.22. The molecule has 2 amide bonds. The van der Waals surface area contributed by atoms with Crippen LogP contribution in [-0.2, 0) is 14.4 Å². The third kappa shape index (κ3) is 4.50. The number of aliphatic carboxylic acids is 1. The summed E-state index contributed by atoms with van der Waals surface area (Å²) in [5.74, 6) is -0.427. The van der Waals surface area contributed by atoms with E-state index in [0.717, 1.165) is 23.1 Å². The lowest BCUT2D eigenvalue weighted by atomic mass is 10.2. The third-order valence-corrected chi connectivity index (χ3v) is 6.53. The van der Waals surface area contributed by atoms with Crippen molar-refractivity contribution >= 4 is 63.9 Å². The summed E-state index contributed by atoms with van der Waals surface area (Å²) < 4.78 is 5.68. The number of amides is 2. The van der Waals surface area contributed by atoms with Gasteiger partial charge in [0.25, 0.3) is 5.91 Å². The van der Waals surface area contributed by atoms with Gasteiger partial charge in [0.1, 0.15) is 22.7 Å². The van der Waals surface area contributed by atoms with E-state index in [-0.39, 0.29) is 16.8 Å². The normalized spacial score (nSPS) is 20.9. The van der Waals surface area contributed by atoms with E-state index in [9.17, 15) is 19.5 Å². The molecule has 1 aromatic rings. The molecule has 0 spiro atoms. The smallest absolute Gasteiger partial charge is 0.327 e. The molecule has 2 fully saturated rings. The summed E-state index contributed by atoms with van der Waals surface area (Å²) in [7, 11) is 0. The number of carboxylic acids is 1. The van der Waals surface area contributed by atoms with Gasteiger partial charge in [0.2, 0.25) is 5.91 Å². The van der Waals surface area contributed by atoms with Gasteiger partial charge in [-0.2, -0.15) is 0 Å². The largest absolute Gasteiger partial charge is 0.494 e. The van der Waals surface area contributed by atoms with Gasteiger partial charge in [-0.05, 0) is 30.7 Å². The number of rotatable bonds is 6. The molecule has 2 aliphatic rings. The molecule has 7 nitrogen and oxygen atoms in total. The van der Waals surface area contributed by atoms with Crippen LogP contribution in [0.3, 0.4) is 0 Å². The Morgan fingerprint density at radius 2 is 2.07 bits per heavy atom. The lowest BCUT2D eigenvalue weighted by molar-refractivity contribution is -0.148. The number of carboxylic acid groups (broad SMARTS) is 1. The molecule has 1 aromatic carbocycles. The molecule has 2 aliphatic heterocycles. The van der Waals surface area contributed by atoms with Gasteiger partial charge in [-0.1, -0.05) is 36.1 Å². The fraction of sp³-hybridized carbons (Fsp3) is 0.333. The first-order chi connectivity index (χ1) is 13.4. The third-order valence-electron chi connectivity index (χ3n) is 4.14. The van der Waals surface area contributed by atoms with Crippen molar-refractivity contribution in [1.29, 1.82) is 0 Å². The maximum absolute atomic E-state index is 12.7. The second-order valence-electron chi connectivity index (χ2n) is 5.99. The van der Waals surface area contributed by atoms with E-state index in [0.29, 0.717) is 23.1 Å². The predicted octanol–water partition coefficient (Wildman–Crippen LogP) is 2.27. The Hall–Kier alpha value is -2.04. The summed E-state index contributed by atoms with van der Waals surface area (Å²) in [6.07, 6.45) is 1.71. The highest BCUT2D eigenvalue weighted by atomic mass is 32.2. The summed E-state index contributed by atoms with van der Waals surface area (Å²) in [5, 5.41) is 9.22. The van der Waals surface area contributed by atoms with Crippen LogP contribution < -0.4 is 4.74 Å². The van der Waals surface area contributed by atoms with Crippen LogP contribution in [0.5, 0.6) is 5.75 Å². The minimum Gasteiger partial charge on any atom is -0.494 e. The van der Waals surface area contributed by atoms with Crippen LogP contribution in [-0.4, -0.2) is 67.8 Å². The Morgan fingerprint density at radius 1 is 1.36 bits per heavy atom. The molecule has 0 bridgehead atoms. The van der Waals surface area contributed by atoms with E-state index in [1.54, 1.807) is 6.08 Å². The van der Waals surface area contributed by atoms with E-state index in [2.05, 4.69) is 0 Å². The van der Waals surface area contributed by atoms with Gasteiger partial charge in [-0.3, -0.25) is 14.5 Å². The number of carbonyl (C=O) groups is 3. The van der Waals surface area contributed by atoms with Crippen LogP contribution in [0.4, 0.5) is 0 Å². The number of thiocarbonyl (C=S) groups is 1. The van der Waals surface area contributed by atoms with Crippen molar-refractivity contribution < 1.29 is 24.2 Å². The van der Waals surface area contributed by atoms with Crippen LogP contribution in [0.1, 0.15) is 12.5 Å². The van der Waals surface area contributed by atoms with Crippen LogP contribution in [0.15, 0.2) is 29.2 Å². The average molecular weight is 439 g/mol. The molecule has 0 aromatic heterocycles. The van der Waals surface area contributed by atoms with E-state index in [1.807, 2.05) is 31.2 Å². The van der Waals surface area contributed by atoms with Crippen molar-refractivity contribution in [3.05, 3.63) is 34.7 Å². The van der Waals surface area contributed by atoms with E-state index in [4.69, 9.17) is 17.0 Å². The predicted molar refractivity (Wildman–Crippen MR) is 113 cm³/mol. The molecule has 0 saturated carbocycles. The highest BCUT2D eigenvalue weighted by Crippen LogP contribution is 2.33. The Balaban J connectivity index is 1.69. The summed E-state index contributed by atoms with van der Waals surface area (Å²) in [5.41, 5.74) is 0.817. The van der Waals surface area contributed by atoms with Crippen molar-refractivity contribution in [3.8, 4) is 5.75 Å². The van der Waals surface area contributed by atoms with Gasteiger partial charge >= 0.3 is 5.97 Å². The van der Waals surface area contributed by atoms with E-state index in [1.165, 1.54) is 21.6 Å². The molecule has 0 aliphatic carbocycles. The summed E-state index contributed by atoms with van der Waals surface area (Å²) >= 11 is 7.76. The van der Waals surface area contributed by atoms with E-state index < -0.39 is 17.9 Å². The van der Waals surface area contributed by atoms with Crippen LogP contribution in [0.2, 0.25) is 0 Å². The summed E-state index contributed by atoms with van der Waals surface area (Å²) in [6, 6.07) is 6.44. The van der Waals surface area contributed by atoms with Crippen LogP contribution >= 0.6 is 35.7 Å². The number of hydrogen-bond donors (Lipinski definition) is 1. The molecule has 148 valence electrons. The average Bonchev–Trinajstić information content (AvgIpc) is 3.25. The fourth-order valence-electron chi connectivity index (χ4n) is 2.73. The monoisotopic (exact) mass is 438 g/mol. The molecule has 0 radical (unpaired) electrons. The van der Waals surface area contributed by atoms with Gasteiger partial charge < -0.3 is 14.7 Å². The SMILES string of the molecule is CCOc1ccc(C=C2SC(=S)N(CC(=O)N3CSCC3C(=O)O)C2=O)cc1. The van der Waals surface area contributed by atoms with E-state index >= 15 is 0 Å². The molecule has 2 heterocycles. The number of hydrogen-bond acceptors (Lipinski definition) is 7. The van der Waals surface area contributed by atoms with Crippen molar-refractivity contribution in [3.63, 3.8) is 0 Å². The molecule has 1 atom stereocenters. The number of thioether (sulfide) groups is 2. The molecular formula is C18H18N2O5S3. The first kappa shape index (κ1) is 20.7. The highest BCUT2D eigenvalue weighted by Gasteiger charge is 2.39. The maximum atomic E-state index is 12.7. The number of ether oxygens (including phenoxy) is 1. The van der Waals surface area contributed by atoms with Gasteiger partial charge in [-0.15, -0.1) is 11.8 Å². The fourth-order valence-corrected chi connectivity index (χ4v) is 5.16. The highest BCUT2D eigenvalue weighted by molar-refractivity contribution is 8.26. The topological polar surface area (TPSA) is 87.2 Å². The second kappa shape index (κ2) is 8.97. The molecule has 1 unspecified atom stereocenters. The zero-order valence-corrected chi connectivity index (χ0v) is 17.4. The number of carbonyl (C=O) groups excluding carboxylic acids is 2. The summed E-state index contributed by atoms with van der Waals surface area (Å²) in [4.78, 5) is 39.4. The standard InChI is InChI=1S/C18H18N2O5S3/c1-2-25-12-5-3-11(4-6-12)7-14-16(22)19(18(26)28-14)8-15(21)20-10-27-9-13(20)17(23)24/h3-7,13H,2,8-10H2,1H3,(H,23,24). The minimum absolute atomic E-state index is 0.254. The van der Waals surface area contributed by atoms with Gasteiger partial charge in [-0.25, -0.2) is 4.79 Å². The van der Waals surface area contributed by atoms with Crippen LogP contribution in [0.25, 0.3) is 6.08 Å². The van der Waals surface area contributed by atoms with Gasteiger partial charge in [0, 0.05) is 5.75 Å². The Labute approximate surface area is 176 Å².